The second-order valence-electron chi connectivity index (χ2n) is 5.09. The van der Waals surface area contributed by atoms with Gasteiger partial charge in [0.15, 0.2) is 6.10 Å². The van der Waals surface area contributed by atoms with Crippen molar-refractivity contribution in [1.29, 1.82) is 0 Å². The van der Waals surface area contributed by atoms with E-state index in [1.54, 1.807) is 0 Å². The molecule has 22 heavy (non-hydrogen) atoms. The SMILES string of the molecule is CC(=O)OC[C@H]1C[C@@H](OC(C)=O)[C@H](OC(C)=O)[C@H]1OC(C)=O. The van der Waals surface area contributed by atoms with Crippen molar-refractivity contribution in [2.24, 2.45) is 5.92 Å². The van der Waals surface area contributed by atoms with E-state index in [1.165, 1.54) is 27.7 Å². The predicted molar refractivity (Wildman–Crippen MR) is 71.4 cm³/mol. The van der Waals surface area contributed by atoms with Gasteiger partial charge in [0, 0.05) is 33.6 Å². The molecule has 1 rings (SSSR count). The Balaban J connectivity index is 2.94. The molecule has 1 aliphatic rings. The van der Waals surface area contributed by atoms with Gasteiger partial charge in [-0.15, -0.1) is 0 Å². The Morgan fingerprint density at radius 2 is 1.27 bits per heavy atom. The molecule has 0 heterocycles. The minimum Gasteiger partial charge on any atom is -0.465 e. The highest BCUT2D eigenvalue weighted by atomic mass is 16.6. The summed E-state index contributed by atoms with van der Waals surface area (Å²) in [5, 5.41) is 0. The van der Waals surface area contributed by atoms with Gasteiger partial charge in [-0.1, -0.05) is 0 Å². The summed E-state index contributed by atoms with van der Waals surface area (Å²) in [4.78, 5) is 44.6. The molecule has 0 saturated heterocycles. The lowest BCUT2D eigenvalue weighted by Gasteiger charge is -2.25. The van der Waals surface area contributed by atoms with E-state index in [9.17, 15) is 19.2 Å². The highest BCUT2D eigenvalue weighted by molar-refractivity contribution is 5.68. The van der Waals surface area contributed by atoms with Gasteiger partial charge in [-0.05, 0) is 6.42 Å². The zero-order chi connectivity index (χ0) is 16.9. The molecule has 8 heteroatoms. The molecule has 0 aromatic carbocycles. The van der Waals surface area contributed by atoms with Gasteiger partial charge in [-0.25, -0.2) is 0 Å². The maximum atomic E-state index is 11.3. The third-order valence-electron chi connectivity index (χ3n) is 3.11. The molecule has 0 amide bonds. The van der Waals surface area contributed by atoms with Gasteiger partial charge >= 0.3 is 23.9 Å². The summed E-state index contributed by atoms with van der Waals surface area (Å²) in [6.45, 7) is 4.87. The number of hydrogen-bond donors (Lipinski definition) is 0. The molecular formula is C14H20O8. The Labute approximate surface area is 128 Å². The van der Waals surface area contributed by atoms with Crippen LogP contribution in [0, 0.1) is 5.92 Å². The zero-order valence-electron chi connectivity index (χ0n) is 13.0. The van der Waals surface area contributed by atoms with E-state index in [4.69, 9.17) is 18.9 Å². The van der Waals surface area contributed by atoms with Crippen LogP contribution in [-0.4, -0.2) is 48.8 Å². The maximum absolute atomic E-state index is 11.3. The van der Waals surface area contributed by atoms with Crippen LogP contribution in [-0.2, 0) is 38.1 Å². The van der Waals surface area contributed by atoms with Crippen LogP contribution >= 0.6 is 0 Å². The smallest absolute Gasteiger partial charge is 0.303 e. The number of hydrogen-bond acceptors (Lipinski definition) is 8. The molecule has 4 atom stereocenters. The van der Waals surface area contributed by atoms with E-state index in [-0.39, 0.29) is 13.0 Å². The Kier molecular flexibility index (Phi) is 6.33. The topological polar surface area (TPSA) is 105 Å². The van der Waals surface area contributed by atoms with Crippen LogP contribution in [0.25, 0.3) is 0 Å². The van der Waals surface area contributed by atoms with E-state index in [2.05, 4.69) is 0 Å². The van der Waals surface area contributed by atoms with Crippen molar-refractivity contribution in [3.05, 3.63) is 0 Å². The minimum atomic E-state index is -0.925. The van der Waals surface area contributed by atoms with Gasteiger partial charge in [-0.2, -0.15) is 0 Å². The second-order valence-corrected chi connectivity index (χ2v) is 5.09. The summed E-state index contributed by atoms with van der Waals surface area (Å²) in [6, 6.07) is 0. The highest BCUT2D eigenvalue weighted by Crippen LogP contribution is 2.34. The molecule has 1 fully saturated rings. The van der Waals surface area contributed by atoms with Gasteiger partial charge < -0.3 is 18.9 Å². The molecule has 0 N–H and O–H groups in total. The van der Waals surface area contributed by atoms with Crippen molar-refractivity contribution < 1.29 is 38.1 Å². The summed E-state index contributed by atoms with van der Waals surface area (Å²) in [6.07, 6.45) is -2.27. The summed E-state index contributed by atoms with van der Waals surface area (Å²) >= 11 is 0. The number of ether oxygens (including phenoxy) is 4. The molecule has 0 aliphatic heterocycles. The lowest BCUT2D eigenvalue weighted by Crippen LogP contribution is -2.40. The van der Waals surface area contributed by atoms with Crippen LogP contribution in [0.5, 0.6) is 0 Å². The van der Waals surface area contributed by atoms with Crippen LogP contribution in [0.15, 0.2) is 0 Å². The first-order valence-electron chi connectivity index (χ1n) is 6.85. The first-order chi connectivity index (χ1) is 10.2. The van der Waals surface area contributed by atoms with Crippen LogP contribution < -0.4 is 0 Å². The van der Waals surface area contributed by atoms with Gasteiger partial charge in [0.25, 0.3) is 0 Å². The van der Waals surface area contributed by atoms with E-state index < -0.39 is 48.1 Å². The third kappa shape index (κ3) is 5.34. The maximum Gasteiger partial charge on any atom is 0.303 e. The van der Waals surface area contributed by atoms with Crippen molar-refractivity contribution in [1.82, 2.24) is 0 Å². The molecule has 0 spiro atoms. The van der Waals surface area contributed by atoms with Crippen molar-refractivity contribution in [2.45, 2.75) is 52.4 Å². The molecule has 0 aromatic rings. The highest BCUT2D eigenvalue weighted by Gasteiger charge is 2.50. The van der Waals surface area contributed by atoms with Crippen LogP contribution in [0.2, 0.25) is 0 Å². The number of carbonyl (C=O) groups excluding carboxylic acids is 4. The monoisotopic (exact) mass is 316 g/mol. The quantitative estimate of drug-likeness (QED) is 0.529. The molecule has 1 aliphatic carbocycles. The second kappa shape index (κ2) is 7.77. The molecule has 124 valence electrons. The summed E-state index contributed by atoms with van der Waals surface area (Å²) in [5.41, 5.74) is 0. The molecule has 1 saturated carbocycles. The Morgan fingerprint density at radius 1 is 0.773 bits per heavy atom. The largest absolute Gasteiger partial charge is 0.465 e. The van der Waals surface area contributed by atoms with Gasteiger partial charge in [0.1, 0.15) is 12.2 Å². The number of carbonyl (C=O) groups is 4. The zero-order valence-corrected chi connectivity index (χ0v) is 13.0. The average Bonchev–Trinajstić information content (AvgIpc) is 2.63. The lowest BCUT2D eigenvalue weighted by atomic mass is 10.1. The van der Waals surface area contributed by atoms with E-state index >= 15 is 0 Å². The lowest BCUT2D eigenvalue weighted by molar-refractivity contribution is -0.176. The fraction of sp³-hybridized carbons (Fsp3) is 0.714. The van der Waals surface area contributed by atoms with Gasteiger partial charge in [0.05, 0.1) is 6.61 Å². The summed E-state index contributed by atoms with van der Waals surface area (Å²) < 4.78 is 20.4. The normalized spacial score (nSPS) is 26.9. The van der Waals surface area contributed by atoms with E-state index in [0.29, 0.717) is 0 Å². The Morgan fingerprint density at radius 3 is 1.73 bits per heavy atom. The molecule has 0 unspecified atom stereocenters. The van der Waals surface area contributed by atoms with Crippen molar-refractivity contribution >= 4 is 23.9 Å². The Bertz CT molecular complexity index is 458. The fourth-order valence-corrected chi connectivity index (χ4v) is 2.45. The molecular weight excluding hydrogens is 296 g/mol. The number of esters is 4. The molecule has 0 bridgehead atoms. The summed E-state index contributed by atoms with van der Waals surface area (Å²) in [7, 11) is 0. The van der Waals surface area contributed by atoms with E-state index in [1.807, 2.05) is 0 Å². The predicted octanol–water partition coefficient (Wildman–Crippen LogP) is 0.364. The third-order valence-corrected chi connectivity index (χ3v) is 3.11. The average molecular weight is 316 g/mol. The molecule has 0 radical (unpaired) electrons. The summed E-state index contributed by atoms with van der Waals surface area (Å²) in [5.74, 6) is -2.62. The van der Waals surface area contributed by atoms with Gasteiger partial charge in [-0.3, -0.25) is 19.2 Å². The first-order valence-corrected chi connectivity index (χ1v) is 6.85. The van der Waals surface area contributed by atoms with Crippen LogP contribution in [0.1, 0.15) is 34.1 Å². The van der Waals surface area contributed by atoms with E-state index in [0.717, 1.165) is 0 Å². The standard InChI is InChI=1S/C14H20O8/c1-7(15)19-6-11-5-12(20-8(2)16)14(22-10(4)18)13(11)21-9(3)17/h11-14H,5-6H2,1-4H3/t11-,12-,13+,14+/m1/s1. The fourth-order valence-electron chi connectivity index (χ4n) is 2.45. The van der Waals surface area contributed by atoms with Crippen LogP contribution in [0.3, 0.4) is 0 Å². The van der Waals surface area contributed by atoms with Crippen molar-refractivity contribution in [2.75, 3.05) is 6.61 Å². The molecule has 0 aromatic heterocycles. The first kappa shape index (κ1) is 17.9. The molecule has 8 nitrogen and oxygen atoms in total. The van der Waals surface area contributed by atoms with Gasteiger partial charge in [0.2, 0.25) is 0 Å². The van der Waals surface area contributed by atoms with Crippen molar-refractivity contribution in [3.8, 4) is 0 Å². The Hall–Kier alpha value is -2.12. The minimum absolute atomic E-state index is 0.0250. The van der Waals surface area contributed by atoms with Crippen molar-refractivity contribution in [3.63, 3.8) is 0 Å². The van der Waals surface area contributed by atoms with Crippen LogP contribution in [0.4, 0.5) is 0 Å². The number of rotatable bonds is 5.